The molecule has 4 saturated carbocycles. The largest absolute Gasteiger partial charge is 0.507 e. The summed E-state index contributed by atoms with van der Waals surface area (Å²) in [6, 6.07) is 10.8. The number of fused-ring (bicyclic) bond motifs is 1. The lowest BCUT2D eigenvalue weighted by Crippen LogP contribution is -2.48. The van der Waals surface area contributed by atoms with Crippen LogP contribution in [0, 0.1) is 27.9 Å². The van der Waals surface area contributed by atoms with Gasteiger partial charge in [-0.05, 0) is 112 Å². The predicted molar refractivity (Wildman–Crippen MR) is 166 cm³/mol. The quantitative estimate of drug-likeness (QED) is 0.230. The number of rotatable bonds is 6. The zero-order valence-electron chi connectivity index (χ0n) is 25.0. The first-order valence-corrected chi connectivity index (χ1v) is 16.1. The molecular formula is C34H35N3O6S. The van der Waals surface area contributed by atoms with Gasteiger partial charge in [0.2, 0.25) is 0 Å². The number of nitro groups is 1. The van der Waals surface area contributed by atoms with E-state index in [0.29, 0.717) is 26.2 Å². The number of benzene rings is 2. The van der Waals surface area contributed by atoms with Gasteiger partial charge in [-0.1, -0.05) is 29.5 Å². The molecular weight excluding hydrogens is 578 g/mol. The van der Waals surface area contributed by atoms with Gasteiger partial charge in [0.25, 0.3) is 11.2 Å². The second-order valence-corrected chi connectivity index (χ2v) is 14.4. The second kappa shape index (κ2) is 10.5. The van der Waals surface area contributed by atoms with Crippen molar-refractivity contribution in [2.45, 2.75) is 76.9 Å². The lowest BCUT2D eigenvalue weighted by atomic mass is 9.48. The summed E-state index contributed by atoms with van der Waals surface area (Å²) in [5.74, 6) is 1.78. The molecule has 1 atom stereocenters. The maximum Gasteiger partial charge on any atom is 0.338 e. The van der Waals surface area contributed by atoms with Crippen LogP contribution >= 0.6 is 11.3 Å². The fourth-order valence-electron chi connectivity index (χ4n) is 8.59. The maximum absolute atomic E-state index is 14.1. The summed E-state index contributed by atoms with van der Waals surface area (Å²) in [5.41, 5.74) is 2.33. The number of thiazole rings is 1. The van der Waals surface area contributed by atoms with Crippen molar-refractivity contribution in [1.29, 1.82) is 0 Å². The van der Waals surface area contributed by atoms with E-state index >= 15 is 0 Å². The van der Waals surface area contributed by atoms with Crippen LogP contribution in [0.5, 0.6) is 5.75 Å². The van der Waals surface area contributed by atoms with Gasteiger partial charge < -0.3 is 9.84 Å². The molecule has 1 N–H and O–H groups in total. The number of esters is 1. The minimum Gasteiger partial charge on any atom is -0.507 e. The molecule has 0 saturated heterocycles. The van der Waals surface area contributed by atoms with Crippen LogP contribution in [0.15, 0.2) is 63.5 Å². The van der Waals surface area contributed by atoms with Crippen LogP contribution in [-0.4, -0.2) is 26.7 Å². The van der Waals surface area contributed by atoms with Crippen molar-refractivity contribution in [2.24, 2.45) is 22.7 Å². The number of carbonyl (C=O) groups excluding carboxylic acids is 1. The van der Waals surface area contributed by atoms with E-state index in [1.807, 2.05) is 0 Å². The number of aromatic hydroxyl groups is 1. The molecule has 228 valence electrons. The Kier molecular flexibility index (Phi) is 6.88. The highest BCUT2D eigenvalue weighted by Gasteiger charge is 2.51. The Labute approximate surface area is 258 Å². The van der Waals surface area contributed by atoms with Gasteiger partial charge in [0.15, 0.2) is 4.80 Å². The molecule has 9 nitrogen and oxygen atoms in total. The summed E-state index contributed by atoms with van der Waals surface area (Å²) in [6.45, 7) is 5.14. The van der Waals surface area contributed by atoms with Crippen molar-refractivity contribution in [3.8, 4) is 5.75 Å². The summed E-state index contributed by atoms with van der Waals surface area (Å²) >= 11 is 1.17. The van der Waals surface area contributed by atoms with E-state index in [1.54, 1.807) is 39.0 Å². The molecule has 8 rings (SSSR count). The number of nitrogens with zero attached hydrogens (tertiary/aromatic N) is 3. The van der Waals surface area contributed by atoms with Gasteiger partial charge in [-0.25, -0.2) is 9.79 Å². The van der Waals surface area contributed by atoms with Gasteiger partial charge in [-0.2, -0.15) is 0 Å². The van der Waals surface area contributed by atoms with E-state index in [0.717, 1.165) is 17.8 Å². The first-order valence-electron chi connectivity index (χ1n) is 15.3. The molecule has 0 unspecified atom stereocenters. The minimum atomic E-state index is -0.966. The summed E-state index contributed by atoms with van der Waals surface area (Å²) < 4.78 is 7.30. The number of allylic oxidation sites excluding steroid dienone is 1. The highest BCUT2D eigenvalue weighted by Crippen LogP contribution is 2.60. The third-order valence-corrected chi connectivity index (χ3v) is 10.9. The molecule has 1 aromatic heterocycles. The number of aromatic nitrogens is 1. The number of nitro benzene ring substituents is 1. The first kappa shape index (κ1) is 28.7. The standard InChI is InChI=1S/C34H35N3O6S/c1-18(2)43-32(40)29-19(3)35-33-36(30(29)23-5-4-6-26(13-23)37(41)42)31(39)28(44-33)14-24-12-25(7-8-27(24)38)34-15-20-9-21(16-34)11-22(10-20)17-34/h4-8,12-14,18,20-22,30,38H,9-11,15-17H2,1-3H3/b28-14+/t20?,21?,22?,30-,34?/m0/s1. The van der Waals surface area contributed by atoms with Crippen LogP contribution in [0.1, 0.15) is 82.0 Å². The van der Waals surface area contributed by atoms with Crippen molar-refractivity contribution in [1.82, 2.24) is 4.57 Å². The Morgan fingerprint density at radius 1 is 1.14 bits per heavy atom. The number of phenols is 1. The lowest BCUT2D eigenvalue weighted by Gasteiger charge is -2.57. The monoisotopic (exact) mass is 613 g/mol. The normalized spacial score (nSPS) is 27.4. The van der Waals surface area contributed by atoms with Gasteiger partial charge in [0.05, 0.1) is 32.9 Å². The van der Waals surface area contributed by atoms with E-state index < -0.39 is 28.6 Å². The predicted octanol–water partition coefficient (Wildman–Crippen LogP) is 5.27. The van der Waals surface area contributed by atoms with Crippen LogP contribution in [0.2, 0.25) is 0 Å². The van der Waals surface area contributed by atoms with Gasteiger partial charge in [-0.15, -0.1) is 0 Å². The van der Waals surface area contributed by atoms with Gasteiger partial charge in [-0.3, -0.25) is 19.5 Å². The Morgan fingerprint density at radius 3 is 2.45 bits per heavy atom. The van der Waals surface area contributed by atoms with Crippen LogP contribution < -0.4 is 14.9 Å². The van der Waals surface area contributed by atoms with Crippen LogP contribution in [0.25, 0.3) is 6.08 Å². The van der Waals surface area contributed by atoms with Crippen molar-refractivity contribution in [2.75, 3.05) is 0 Å². The molecule has 44 heavy (non-hydrogen) atoms. The summed E-state index contributed by atoms with van der Waals surface area (Å²) in [4.78, 5) is 43.6. The number of ether oxygens (including phenoxy) is 1. The van der Waals surface area contributed by atoms with Gasteiger partial charge in [0.1, 0.15) is 5.75 Å². The minimum absolute atomic E-state index is 0.0944. The molecule has 2 heterocycles. The van der Waals surface area contributed by atoms with E-state index in [2.05, 4.69) is 17.1 Å². The highest BCUT2D eigenvalue weighted by molar-refractivity contribution is 7.07. The SMILES string of the molecule is CC1=C(C(=O)OC(C)C)[C@H](c2cccc([N+](=O)[O-])c2)n2c(s/c(=C/c3cc(C45CC6CC(CC(C6)C4)C5)ccc3O)c2=O)=N1. The second-order valence-electron chi connectivity index (χ2n) is 13.4. The zero-order chi connectivity index (χ0) is 30.9. The van der Waals surface area contributed by atoms with Crippen molar-refractivity contribution >= 4 is 29.1 Å². The topological polar surface area (TPSA) is 124 Å². The van der Waals surface area contributed by atoms with E-state index in [9.17, 15) is 24.8 Å². The summed E-state index contributed by atoms with van der Waals surface area (Å²) in [7, 11) is 0. The van der Waals surface area contributed by atoms with Crippen molar-refractivity contribution in [3.05, 3.63) is 100 Å². The molecule has 0 amide bonds. The molecule has 3 aromatic rings. The van der Waals surface area contributed by atoms with Crippen LogP contribution in [-0.2, 0) is 14.9 Å². The number of hydrogen-bond acceptors (Lipinski definition) is 8. The highest BCUT2D eigenvalue weighted by atomic mass is 32.1. The molecule has 5 aliphatic rings. The maximum atomic E-state index is 14.1. The molecule has 0 spiro atoms. The molecule has 10 heteroatoms. The van der Waals surface area contributed by atoms with Crippen LogP contribution in [0.3, 0.4) is 0 Å². The van der Waals surface area contributed by atoms with E-state index in [4.69, 9.17) is 4.74 Å². The van der Waals surface area contributed by atoms with Gasteiger partial charge >= 0.3 is 5.97 Å². The summed E-state index contributed by atoms with van der Waals surface area (Å²) in [5, 5.41) is 22.6. The number of phenolic OH excluding ortho intramolecular Hbond substituents is 1. The Balaban J connectivity index is 1.35. The fraction of sp³-hybridized carbons (Fsp3) is 0.441. The Hall–Kier alpha value is -4.05. The van der Waals surface area contributed by atoms with Crippen molar-refractivity contribution < 1.29 is 19.6 Å². The molecule has 2 aromatic carbocycles. The van der Waals surface area contributed by atoms with Gasteiger partial charge in [0, 0.05) is 17.7 Å². The number of non-ortho nitro benzene ring substituents is 1. The summed E-state index contributed by atoms with van der Waals surface area (Å²) in [6.07, 6.45) is 8.85. The Morgan fingerprint density at radius 2 is 1.82 bits per heavy atom. The molecule has 0 radical (unpaired) electrons. The molecule has 4 fully saturated rings. The Bertz CT molecular complexity index is 1880. The number of carbonyl (C=O) groups is 1. The molecule has 4 bridgehead atoms. The fourth-order valence-corrected chi connectivity index (χ4v) is 9.63. The molecule has 4 aliphatic carbocycles. The average molecular weight is 614 g/mol. The van der Waals surface area contributed by atoms with E-state index in [1.165, 1.54) is 78.2 Å². The average Bonchev–Trinajstić information content (AvgIpc) is 3.26. The van der Waals surface area contributed by atoms with E-state index in [-0.39, 0.29) is 22.4 Å². The first-order chi connectivity index (χ1) is 21.0. The zero-order valence-corrected chi connectivity index (χ0v) is 25.8. The molecule has 1 aliphatic heterocycles. The van der Waals surface area contributed by atoms with Crippen molar-refractivity contribution in [3.63, 3.8) is 0 Å². The number of hydrogen-bond donors (Lipinski definition) is 1. The van der Waals surface area contributed by atoms with Crippen LogP contribution in [0.4, 0.5) is 5.69 Å². The lowest BCUT2D eigenvalue weighted by molar-refractivity contribution is -0.384. The third-order valence-electron chi connectivity index (χ3n) is 9.95. The smallest absolute Gasteiger partial charge is 0.338 e. The third kappa shape index (κ3) is 4.80.